The number of carbonyl (C=O) groups excluding carboxylic acids is 1. The molecule has 0 atom stereocenters. The van der Waals surface area contributed by atoms with Crippen LogP contribution < -0.4 is 5.32 Å². The van der Waals surface area contributed by atoms with E-state index in [0.717, 1.165) is 5.82 Å². The minimum atomic E-state index is -0.535. The van der Waals surface area contributed by atoms with Crippen LogP contribution in [0.25, 0.3) is 0 Å². The van der Waals surface area contributed by atoms with Gasteiger partial charge < -0.3 is 5.32 Å². The van der Waals surface area contributed by atoms with Crippen LogP contribution in [0.15, 0.2) is 29.0 Å². The van der Waals surface area contributed by atoms with Crippen LogP contribution in [0.5, 0.6) is 0 Å². The Morgan fingerprint density at radius 1 is 1.48 bits per heavy atom. The Balaban J connectivity index is 1.90. The normalized spacial score (nSPS) is 10.3. The highest BCUT2D eigenvalue weighted by Crippen LogP contribution is 2.22. The zero-order valence-corrected chi connectivity index (χ0v) is 12.5. The number of nitro benzene ring substituents is 1. The van der Waals surface area contributed by atoms with Crippen LogP contribution in [0.4, 0.5) is 5.69 Å². The quantitative estimate of drug-likeness (QED) is 0.467. The summed E-state index contributed by atoms with van der Waals surface area (Å²) in [7, 11) is 0. The van der Waals surface area contributed by atoms with Gasteiger partial charge in [-0.1, -0.05) is 0 Å². The summed E-state index contributed by atoms with van der Waals surface area (Å²) in [5.74, 6) is 0.393. The van der Waals surface area contributed by atoms with Gasteiger partial charge in [-0.15, -0.1) is 0 Å². The van der Waals surface area contributed by atoms with Gasteiger partial charge in [-0.3, -0.25) is 20.0 Å². The first kappa shape index (κ1) is 15.1. The summed E-state index contributed by atoms with van der Waals surface area (Å²) in [4.78, 5) is 26.2. The third-order valence-electron chi connectivity index (χ3n) is 2.75. The Kier molecular flexibility index (Phi) is 4.99. The molecule has 0 unspecified atom stereocenters. The lowest BCUT2D eigenvalue weighted by atomic mass is 10.2. The molecule has 1 aromatic heterocycles. The summed E-state index contributed by atoms with van der Waals surface area (Å²) >= 11 is 3.21. The van der Waals surface area contributed by atoms with E-state index in [2.05, 4.69) is 36.4 Å². The smallest absolute Gasteiger partial charge is 0.270 e. The number of benzene rings is 1. The molecule has 2 aromatic rings. The van der Waals surface area contributed by atoms with E-state index in [1.807, 2.05) is 0 Å². The number of nitrogens with one attached hydrogen (secondary N) is 2. The summed E-state index contributed by atoms with van der Waals surface area (Å²) in [5, 5.41) is 19.9. The molecule has 0 spiro atoms. The molecule has 8 nitrogen and oxygen atoms in total. The lowest BCUT2D eigenvalue weighted by Gasteiger charge is -2.06. The summed E-state index contributed by atoms with van der Waals surface area (Å²) in [6.45, 7) is 0.439. The topological polar surface area (TPSA) is 114 Å². The van der Waals surface area contributed by atoms with Crippen molar-refractivity contribution in [3.63, 3.8) is 0 Å². The van der Waals surface area contributed by atoms with Crippen LogP contribution in [0.1, 0.15) is 22.6 Å². The first-order chi connectivity index (χ1) is 10.1. The van der Waals surface area contributed by atoms with E-state index >= 15 is 0 Å². The van der Waals surface area contributed by atoms with Crippen LogP contribution in [-0.4, -0.2) is 32.6 Å². The molecule has 0 aliphatic carbocycles. The van der Waals surface area contributed by atoms with Crippen molar-refractivity contribution >= 4 is 27.5 Å². The van der Waals surface area contributed by atoms with Crippen molar-refractivity contribution in [2.24, 2.45) is 0 Å². The molecule has 0 saturated heterocycles. The highest BCUT2D eigenvalue weighted by atomic mass is 79.9. The van der Waals surface area contributed by atoms with E-state index in [1.54, 1.807) is 0 Å². The van der Waals surface area contributed by atoms with Gasteiger partial charge >= 0.3 is 0 Å². The summed E-state index contributed by atoms with van der Waals surface area (Å²) in [6, 6.07) is 4.07. The molecule has 1 heterocycles. The van der Waals surface area contributed by atoms with E-state index in [0.29, 0.717) is 23.9 Å². The Bertz CT molecular complexity index is 644. The fourth-order valence-electron chi connectivity index (χ4n) is 1.71. The molecule has 0 aliphatic heterocycles. The number of hydrogen-bond donors (Lipinski definition) is 2. The molecule has 110 valence electrons. The van der Waals surface area contributed by atoms with Crippen LogP contribution in [0.2, 0.25) is 0 Å². The number of aryl methyl sites for hydroxylation is 1. The second kappa shape index (κ2) is 6.93. The fourth-order valence-corrected chi connectivity index (χ4v) is 2.13. The van der Waals surface area contributed by atoms with E-state index in [1.165, 1.54) is 24.5 Å². The summed E-state index contributed by atoms with van der Waals surface area (Å²) in [5.41, 5.74) is 0.119. The zero-order chi connectivity index (χ0) is 15.2. The Morgan fingerprint density at radius 3 is 2.95 bits per heavy atom. The van der Waals surface area contributed by atoms with Crippen molar-refractivity contribution in [2.75, 3.05) is 6.54 Å². The number of nitrogens with zero attached hydrogens (tertiary/aromatic N) is 3. The van der Waals surface area contributed by atoms with E-state index in [-0.39, 0.29) is 17.2 Å². The molecule has 1 aromatic carbocycles. The maximum Gasteiger partial charge on any atom is 0.270 e. The molecular weight excluding hydrogens is 342 g/mol. The molecule has 2 rings (SSSR count). The third kappa shape index (κ3) is 4.09. The van der Waals surface area contributed by atoms with Gasteiger partial charge in [-0.2, -0.15) is 5.10 Å². The average Bonchev–Trinajstić information content (AvgIpc) is 2.96. The molecule has 21 heavy (non-hydrogen) atoms. The van der Waals surface area contributed by atoms with Crippen LogP contribution in [0, 0.1) is 10.1 Å². The summed E-state index contributed by atoms with van der Waals surface area (Å²) in [6.07, 6.45) is 2.78. The average molecular weight is 354 g/mol. The van der Waals surface area contributed by atoms with Gasteiger partial charge in [0.2, 0.25) is 0 Å². The number of halogens is 1. The van der Waals surface area contributed by atoms with Crippen molar-refractivity contribution in [3.05, 3.63) is 50.5 Å². The van der Waals surface area contributed by atoms with Crippen molar-refractivity contribution in [1.29, 1.82) is 0 Å². The number of aromatic amines is 1. The maximum absolute atomic E-state index is 12.0. The number of hydrogen-bond acceptors (Lipinski definition) is 5. The lowest BCUT2D eigenvalue weighted by molar-refractivity contribution is -0.384. The highest BCUT2D eigenvalue weighted by molar-refractivity contribution is 9.10. The number of non-ortho nitro benzene ring substituents is 1. The maximum atomic E-state index is 12.0. The van der Waals surface area contributed by atoms with Gasteiger partial charge in [-0.05, 0) is 28.4 Å². The second-order valence-corrected chi connectivity index (χ2v) is 5.07. The fraction of sp³-hybridized carbons (Fsp3) is 0.250. The standard InChI is InChI=1S/C12H12BrN5O3/c13-10-4-3-8(18(20)21)6-9(10)12(19)14-5-1-2-11-15-7-16-17-11/h3-4,6-7H,1-2,5H2,(H,14,19)(H,15,16,17). The number of carbonyl (C=O) groups is 1. The van der Waals surface area contributed by atoms with Gasteiger partial charge in [0.05, 0.1) is 10.5 Å². The van der Waals surface area contributed by atoms with Crippen LogP contribution in [0.3, 0.4) is 0 Å². The first-order valence-corrected chi connectivity index (χ1v) is 6.93. The van der Waals surface area contributed by atoms with Crippen LogP contribution in [-0.2, 0) is 6.42 Å². The van der Waals surface area contributed by atoms with Gasteiger partial charge in [0.1, 0.15) is 12.2 Å². The predicted octanol–water partition coefficient (Wildman–Crippen LogP) is 1.84. The largest absolute Gasteiger partial charge is 0.352 e. The number of H-pyrrole nitrogens is 1. The number of amides is 1. The van der Waals surface area contributed by atoms with Gasteiger partial charge in [0.25, 0.3) is 11.6 Å². The monoisotopic (exact) mass is 353 g/mol. The Morgan fingerprint density at radius 2 is 2.29 bits per heavy atom. The molecule has 0 fully saturated rings. The first-order valence-electron chi connectivity index (χ1n) is 6.14. The molecule has 9 heteroatoms. The van der Waals surface area contributed by atoms with E-state index in [4.69, 9.17) is 0 Å². The Hall–Kier alpha value is -2.29. The third-order valence-corrected chi connectivity index (χ3v) is 3.44. The van der Waals surface area contributed by atoms with Crippen molar-refractivity contribution in [3.8, 4) is 0 Å². The number of rotatable bonds is 6. The van der Waals surface area contributed by atoms with Crippen molar-refractivity contribution in [2.45, 2.75) is 12.8 Å². The highest BCUT2D eigenvalue weighted by Gasteiger charge is 2.15. The molecule has 1 amide bonds. The van der Waals surface area contributed by atoms with E-state index < -0.39 is 4.92 Å². The summed E-state index contributed by atoms with van der Waals surface area (Å²) < 4.78 is 0.515. The molecule has 0 bridgehead atoms. The lowest BCUT2D eigenvalue weighted by Crippen LogP contribution is -2.25. The van der Waals surface area contributed by atoms with Crippen molar-refractivity contribution < 1.29 is 9.72 Å². The SMILES string of the molecule is O=C(NCCCc1ncn[nH]1)c1cc([N+](=O)[O-])ccc1Br. The minimum Gasteiger partial charge on any atom is -0.352 e. The van der Waals surface area contributed by atoms with Gasteiger partial charge in [-0.25, -0.2) is 4.98 Å². The molecule has 0 radical (unpaired) electrons. The number of aromatic nitrogens is 3. The predicted molar refractivity (Wildman–Crippen MR) is 77.8 cm³/mol. The Labute approximate surface area is 128 Å². The molecular formula is C12H12BrN5O3. The second-order valence-electron chi connectivity index (χ2n) is 4.21. The minimum absolute atomic E-state index is 0.120. The molecule has 0 saturated carbocycles. The zero-order valence-electron chi connectivity index (χ0n) is 10.9. The molecule has 0 aliphatic rings. The molecule has 2 N–H and O–H groups in total. The van der Waals surface area contributed by atoms with Crippen molar-refractivity contribution in [1.82, 2.24) is 20.5 Å². The van der Waals surface area contributed by atoms with Gasteiger partial charge in [0, 0.05) is 29.6 Å². The number of nitro groups is 1. The van der Waals surface area contributed by atoms with Gasteiger partial charge in [0.15, 0.2) is 0 Å². The van der Waals surface area contributed by atoms with E-state index in [9.17, 15) is 14.9 Å². The van der Waals surface area contributed by atoms with Crippen LogP contribution >= 0.6 is 15.9 Å².